The Morgan fingerprint density at radius 1 is 1.24 bits per heavy atom. The van der Waals surface area contributed by atoms with E-state index < -0.39 is 0 Å². The molecule has 21 heavy (non-hydrogen) atoms. The molecule has 0 heterocycles. The smallest absolute Gasteiger partial charge is 0.156 e. The number of ether oxygens (including phenoxy) is 1. The van der Waals surface area contributed by atoms with E-state index >= 15 is 0 Å². The molecule has 0 aliphatic rings. The Labute approximate surface area is 139 Å². The van der Waals surface area contributed by atoms with Gasteiger partial charge >= 0.3 is 0 Å². The van der Waals surface area contributed by atoms with Crippen molar-refractivity contribution in [2.45, 2.75) is 33.1 Å². The van der Waals surface area contributed by atoms with Gasteiger partial charge < -0.3 is 15.7 Å². The van der Waals surface area contributed by atoms with E-state index in [-0.39, 0.29) is 11.3 Å². The summed E-state index contributed by atoms with van der Waals surface area (Å²) in [5.74, 6) is 0.672. The van der Waals surface area contributed by atoms with Gasteiger partial charge in [0.1, 0.15) is 5.84 Å². The molecule has 0 unspecified atom stereocenters. The van der Waals surface area contributed by atoms with E-state index in [2.05, 4.69) is 5.16 Å². The van der Waals surface area contributed by atoms with Crippen LogP contribution in [-0.4, -0.2) is 17.6 Å². The minimum atomic E-state index is -0.343. The van der Waals surface area contributed by atoms with Crippen LogP contribution in [0.2, 0.25) is 15.1 Å². The summed E-state index contributed by atoms with van der Waals surface area (Å²) in [4.78, 5) is 0. The summed E-state index contributed by atoms with van der Waals surface area (Å²) in [6, 6.07) is 3.18. The quantitative estimate of drug-likeness (QED) is 0.239. The molecule has 1 aromatic rings. The second-order valence-electron chi connectivity index (χ2n) is 5.37. The zero-order valence-electron chi connectivity index (χ0n) is 12.0. The van der Waals surface area contributed by atoms with E-state index in [1.54, 1.807) is 12.1 Å². The Morgan fingerprint density at radius 2 is 1.81 bits per heavy atom. The van der Waals surface area contributed by atoms with E-state index in [1.165, 1.54) is 0 Å². The number of rotatable bonds is 7. The topological polar surface area (TPSA) is 67.8 Å². The molecule has 3 N–H and O–H groups in total. The molecule has 1 rings (SSSR count). The highest BCUT2D eigenvalue weighted by Crippen LogP contribution is 2.36. The van der Waals surface area contributed by atoms with E-state index in [1.807, 2.05) is 13.8 Å². The number of unbranched alkanes of at least 4 members (excludes halogenated alkanes) is 1. The van der Waals surface area contributed by atoms with Gasteiger partial charge in [-0.05, 0) is 31.4 Å². The molecule has 4 nitrogen and oxygen atoms in total. The molecule has 7 heteroatoms. The molecule has 0 aromatic heterocycles. The Kier molecular flexibility index (Phi) is 6.91. The number of nitrogens with two attached hydrogens (primary N) is 1. The highest BCUT2D eigenvalue weighted by atomic mass is 35.5. The van der Waals surface area contributed by atoms with Crippen molar-refractivity contribution in [3.63, 3.8) is 0 Å². The molecule has 118 valence electrons. The molecule has 0 saturated heterocycles. The maximum absolute atomic E-state index is 8.70. The summed E-state index contributed by atoms with van der Waals surface area (Å²) < 4.78 is 5.59. The predicted molar refractivity (Wildman–Crippen MR) is 88.0 cm³/mol. The summed E-state index contributed by atoms with van der Waals surface area (Å²) in [6.07, 6.45) is 2.46. The van der Waals surface area contributed by atoms with Crippen molar-refractivity contribution < 1.29 is 9.94 Å². The lowest BCUT2D eigenvalue weighted by Crippen LogP contribution is -2.31. The molecule has 0 aliphatic heterocycles. The minimum absolute atomic E-state index is 0.229. The van der Waals surface area contributed by atoms with Crippen molar-refractivity contribution in [2.75, 3.05) is 6.61 Å². The average molecular weight is 354 g/mol. The van der Waals surface area contributed by atoms with E-state index in [9.17, 15) is 0 Å². The van der Waals surface area contributed by atoms with Gasteiger partial charge in [0.25, 0.3) is 0 Å². The third-order valence-electron chi connectivity index (χ3n) is 3.21. The molecule has 0 saturated carbocycles. The van der Waals surface area contributed by atoms with E-state index in [0.29, 0.717) is 27.4 Å². The van der Waals surface area contributed by atoms with Gasteiger partial charge in [0.05, 0.1) is 16.7 Å². The molecule has 0 bridgehead atoms. The van der Waals surface area contributed by atoms with Gasteiger partial charge in [-0.3, -0.25) is 0 Å². The standard InChI is InChI=1S/C14H19Cl3N2O2/c1-14(2,13(18)19-20)5-3-4-6-21-12-10(16)7-9(15)8-11(12)17/h7-8,20H,3-6H2,1-2H3,(H2,18,19). The maximum atomic E-state index is 8.70. The molecule has 0 radical (unpaired) electrons. The van der Waals surface area contributed by atoms with Crippen LogP contribution in [0.25, 0.3) is 0 Å². The second kappa shape index (κ2) is 7.97. The molecular formula is C14H19Cl3N2O2. The summed E-state index contributed by atoms with van der Waals surface area (Å²) in [7, 11) is 0. The van der Waals surface area contributed by atoms with Crippen LogP contribution in [0.1, 0.15) is 33.1 Å². The summed E-state index contributed by atoms with van der Waals surface area (Å²) >= 11 is 17.9. The van der Waals surface area contributed by atoms with Crippen molar-refractivity contribution in [1.82, 2.24) is 0 Å². The third kappa shape index (κ3) is 5.46. The summed E-state index contributed by atoms with van der Waals surface area (Å²) in [5, 5.41) is 13.0. The molecular weight excluding hydrogens is 335 g/mol. The molecule has 0 atom stereocenters. The fraction of sp³-hybridized carbons (Fsp3) is 0.500. The minimum Gasteiger partial charge on any atom is -0.490 e. The molecule has 0 amide bonds. The molecule has 0 spiro atoms. The summed E-state index contributed by atoms with van der Waals surface area (Å²) in [5.41, 5.74) is 5.29. The van der Waals surface area contributed by atoms with Crippen LogP contribution in [-0.2, 0) is 0 Å². The largest absolute Gasteiger partial charge is 0.490 e. The fourth-order valence-electron chi connectivity index (χ4n) is 1.77. The van der Waals surface area contributed by atoms with Gasteiger partial charge in [-0.25, -0.2) is 0 Å². The zero-order valence-corrected chi connectivity index (χ0v) is 14.3. The lowest BCUT2D eigenvalue weighted by atomic mass is 9.86. The van der Waals surface area contributed by atoms with Gasteiger partial charge in [-0.15, -0.1) is 0 Å². The number of halogens is 3. The normalized spacial score (nSPS) is 12.5. The highest BCUT2D eigenvalue weighted by molar-refractivity contribution is 6.40. The van der Waals surface area contributed by atoms with E-state index in [0.717, 1.165) is 19.3 Å². The van der Waals surface area contributed by atoms with Gasteiger partial charge in [0.2, 0.25) is 0 Å². The van der Waals surface area contributed by atoms with Crippen molar-refractivity contribution in [1.29, 1.82) is 0 Å². The SMILES string of the molecule is CC(C)(CCCCOc1c(Cl)cc(Cl)cc1Cl)C(N)=NO. The number of oxime groups is 1. The van der Waals surface area contributed by atoms with Crippen LogP contribution < -0.4 is 10.5 Å². The van der Waals surface area contributed by atoms with Crippen LogP contribution in [0.3, 0.4) is 0 Å². The average Bonchev–Trinajstić information content (AvgIpc) is 2.39. The number of amidine groups is 1. The Hall–Kier alpha value is -0.840. The van der Waals surface area contributed by atoms with Crippen LogP contribution in [0.5, 0.6) is 5.75 Å². The van der Waals surface area contributed by atoms with Crippen LogP contribution in [0.4, 0.5) is 0 Å². The van der Waals surface area contributed by atoms with Crippen molar-refractivity contribution in [2.24, 2.45) is 16.3 Å². The van der Waals surface area contributed by atoms with Crippen molar-refractivity contribution in [3.05, 3.63) is 27.2 Å². The third-order valence-corrected chi connectivity index (χ3v) is 3.99. The van der Waals surface area contributed by atoms with Gasteiger partial charge in [-0.2, -0.15) is 0 Å². The first-order chi connectivity index (χ1) is 9.77. The zero-order chi connectivity index (χ0) is 16.0. The Morgan fingerprint density at radius 3 is 2.33 bits per heavy atom. The van der Waals surface area contributed by atoms with Crippen molar-refractivity contribution in [3.8, 4) is 5.75 Å². The van der Waals surface area contributed by atoms with Crippen LogP contribution in [0.15, 0.2) is 17.3 Å². The van der Waals surface area contributed by atoms with Gasteiger partial charge in [0.15, 0.2) is 5.75 Å². The lowest BCUT2D eigenvalue weighted by molar-refractivity contribution is 0.288. The van der Waals surface area contributed by atoms with Gasteiger partial charge in [-0.1, -0.05) is 53.8 Å². The Bertz CT molecular complexity index is 496. The number of nitrogens with zero attached hydrogens (tertiary/aromatic N) is 1. The Balaban J connectivity index is 2.42. The van der Waals surface area contributed by atoms with E-state index in [4.69, 9.17) is 50.5 Å². The van der Waals surface area contributed by atoms with Crippen molar-refractivity contribution >= 4 is 40.6 Å². The first-order valence-corrected chi connectivity index (χ1v) is 7.66. The number of hydrogen-bond acceptors (Lipinski definition) is 3. The number of hydrogen-bond donors (Lipinski definition) is 2. The summed E-state index contributed by atoms with van der Waals surface area (Å²) in [6.45, 7) is 4.33. The van der Waals surface area contributed by atoms with Crippen LogP contribution >= 0.6 is 34.8 Å². The first-order valence-electron chi connectivity index (χ1n) is 6.53. The van der Waals surface area contributed by atoms with Crippen LogP contribution in [0, 0.1) is 5.41 Å². The predicted octanol–water partition coefficient (Wildman–Crippen LogP) is 4.97. The molecule has 0 fully saturated rings. The molecule has 1 aromatic carbocycles. The maximum Gasteiger partial charge on any atom is 0.156 e. The lowest BCUT2D eigenvalue weighted by Gasteiger charge is -2.22. The molecule has 0 aliphatic carbocycles. The highest BCUT2D eigenvalue weighted by Gasteiger charge is 2.22. The number of benzene rings is 1. The monoisotopic (exact) mass is 352 g/mol. The van der Waals surface area contributed by atoms with Gasteiger partial charge in [0, 0.05) is 10.4 Å². The fourth-order valence-corrected chi connectivity index (χ4v) is 2.70. The first kappa shape index (κ1) is 18.2. The second-order valence-corrected chi connectivity index (χ2v) is 6.62.